The van der Waals surface area contributed by atoms with Gasteiger partial charge < -0.3 is 10.0 Å². The third-order valence-electron chi connectivity index (χ3n) is 8.60. The van der Waals surface area contributed by atoms with Crippen LogP contribution in [0.1, 0.15) is 200 Å². The summed E-state index contributed by atoms with van der Waals surface area (Å²) in [5.74, 6) is 0. The summed E-state index contributed by atoms with van der Waals surface area (Å²) >= 11 is 0. The lowest BCUT2D eigenvalue weighted by atomic mass is 10.1. The van der Waals surface area contributed by atoms with Gasteiger partial charge in [0.2, 0.25) is 0 Å². The zero-order valence-corrected chi connectivity index (χ0v) is 29.8. The quantitative estimate of drug-likeness (QED) is 0.0569. The Bertz CT molecular complexity index is 479. The molecule has 0 rings (SSSR count). The van der Waals surface area contributed by atoms with Gasteiger partial charge in [-0.2, -0.15) is 0 Å². The number of halogens is 1. The Kier molecular flexibility index (Phi) is 42.5. The minimum atomic E-state index is 0. The Morgan fingerprint density at radius 2 is 0.619 bits per heavy atom. The smallest absolute Gasteiger partial charge is 0.0443 e. The molecule has 0 bridgehead atoms. The van der Waals surface area contributed by atoms with Crippen molar-refractivity contribution in [1.82, 2.24) is 4.90 Å². The average molecular weight is 613 g/mol. The minimum absolute atomic E-state index is 0. The van der Waals surface area contributed by atoms with E-state index in [9.17, 15) is 5.11 Å². The van der Waals surface area contributed by atoms with E-state index >= 15 is 0 Å². The summed E-state index contributed by atoms with van der Waals surface area (Å²) in [5, 5.41) is 9.30. The third kappa shape index (κ3) is 37.7. The first-order valence-electron chi connectivity index (χ1n) is 19.0. The van der Waals surface area contributed by atoms with Crippen molar-refractivity contribution in [1.29, 1.82) is 0 Å². The van der Waals surface area contributed by atoms with Crippen LogP contribution in [0.3, 0.4) is 0 Å². The summed E-state index contributed by atoms with van der Waals surface area (Å²) in [5.41, 5.74) is 0. The molecule has 2 nitrogen and oxygen atoms in total. The van der Waals surface area contributed by atoms with Gasteiger partial charge in [0, 0.05) is 13.2 Å². The molecule has 0 aliphatic rings. The van der Waals surface area contributed by atoms with Gasteiger partial charge in [-0.1, -0.05) is 154 Å². The molecule has 42 heavy (non-hydrogen) atoms. The van der Waals surface area contributed by atoms with Crippen LogP contribution in [0.2, 0.25) is 0 Å². The molecule has 0 aliphatic heterocycles. The van der Waals surface area contributed by atoms with E-state index in [4.69, 9.17) is 0 Å². The number of hydrogen-bond donors (Lipinski definition) is 1. The summed E-state index contributed by atoms with van der Waals surface area (Å²) in [6, 6.07) is 0. The fourth-order valence-corrected chi connectivity index (χ4v) is 5.80. The van der Waals surface area contributed by atoms with Crippen molar-refractivity contribution in [3.8, 4) is 0 Å². The summed E-state index contributed by atoms with van der Waals surface area (Å²) in [7, 11) is 0. The molecular formula is C39H78ClNO. The molecule has 0 unspecified atom stereocenters. The van der Waals surface area contributed by atoms with E-state index < -0.39 is 0 Å². The number of allylic oxidation sites excluding steroid dienone is 4. The first kappa shape index (κ1) is 43.8. The lowest BCUT2D eigenvalue weighted by Gasteiger charge is -2.22. The van der Waals surface area contributed by atoms with Crippen LogP contribution in [0.5, 0.6) is 0 Å². The summed E-state index contributed by atoms with van der Waals surface area (Å²) in [4.78, 5) is 2.62. The lowest BCUT2D eigenvalue weighted by molar-refractivity contribution is 0.217. The monoisotopic (exact) mass is 612 g/mol. The molecule has 0 saturated heterocycles. The van der Waals surface area contributed by atoms with Crippen LogP contribution in [0.25, 0.3) is 0 Å². The van der Waals surface area contributed by atoms with Gasteiger partial charge in [0.25, 0.3) is 0 Å². The van der Waals surface area contributed by atoms with Crippen molar-refractivity contribution in [3.63, 3.8) is 0 Å². The Morgan fingerprint density at radius 3 is 0.929 bits per heavy atom. The molecule has 0 saturated carbocycles. The highest BCUT2D eigenvalue weighted by Crippen LogP contribution is 2.13. The fourth-order valence-electron chi connectivity index (χ4n) is 5.80. The fraction of sp³-hybridized carbons (Fsp3) is 0.897. The SMILES string of the molecule is CCCCCCCC/C=C\CCCCCCCCN(CCCO)CCCCCCCC/C=C\CCCCCCCC.Cl. The molecule has 1 N–H and O–H groups in total. The second-order valence-electron chi connectivity index (χ2n) is 12.8. The van der Waals surface area contributed by atoms with E-state index in [2.05, 4.69) is 43.1 Å². The molecule has 0 radical (unpaired) electrons. The van der Waals surface area contributed by atoms with Crippen LogP contribution in [-0.4, -0.2) is 36.2 Å². The van der Waals surface area contributed by atoms with Crippen molar-refractivity contribution >= 4 is 12.4 Å². The number of nitrogens with zero attached hydrogens (tertiary/aromatic N) is 1. The number of unbranched alkanes of at least 4 members (excludes halogenated alkanes) is 24. The largest absolute Gasteiger partial charge is 0.396 e. The summed E-state index contributed by atoms with van der Waals surface area (Å²) in [6.45, 7) is 8.45. The summed E-state index contributed by atoms with van der Waals surface area (Å²) in [6.07, 6.45) is 49.1. The Hall–Kier alpha value is -0.310. The van der Waals surface area contributed by atoms with E-state index in [1.165, 1.54) is 193 Å². The van der Waals surface area contributed by atoms with Crippen LogP contribution in [0.4, 0.5) is 0 Å². The Labute approximate surface area is 272 Å². The zero-order chi connectivity index (χ0) is 29.7. The Morgan fingerprint density at radius 1 is 0.357 bits per heavy atom. The van der Waals surface area contributed by atoms with E-state index in [1.54, 1.807) is 0 Å². The molecule has 0 heterocycles. The van der Waals surface area contributed by atoms with Crippen LogP contribution in [-0.2, 0) is 0 Å². The summed E-state index contributed by atoms with van der Waals surface area (Å²) < 4.78 is 0. The molecule has 0 atom stereocenters. The standard InChI is InChI=1S/C39H77NO.ClH/c1-3-5-7-9-11-13-15-17-19-21-23-25-27-29-31-33-36-40(38-35-39-41)37-34-32-30-28-26-24-22-20-18-16-14-12-10-8-6-4-2;/h17-20,41H,3-16,21-39H2,1-2H3;1H/b19-17-,20-18-;. The Balaban J connectivity index is 0. The van der Waals surface area contributed by atoms with Gasteiger partial charge in [-0.25, -0.2) is 0 Å². The number of hydrogen-bond acceptors (Lipinski definition) is 2. The highest BCUT2D eigenvalue weighted by atomic mass is 35.5. The van der Waals surface area contributed by atoms with Crippen LogP contribution < -0.4 is 0 Å². The lowest BCUT2D eigenvalue weighted by Crippen LogP contribution is -2.27. The second-order valence-corrected chi connectivity index (χ2v) is 12.8. The molecule has 0 fully saturated rings. The molecule has 0 aromatic rings. The highest BCUT2D eigenvalue weighted by molar-refractivity contribution is 5.85. The molecular weight excluding hydrogens is 534 g/mol. The van der Waals surface area contributed by atoms with Crippen LogP contribution in [0.15, 0.2) is 24.3 Å². The van der Waals surface area contributed by atoms with Gasteiger partial charge in [-0.3, -0.25) is 0 Å². The van der Waals surface area contributed by atoms with Crippen molar-refractivity contribution in [2.24, 2.45) is 0 Å². The van der Waals surface area contributed by atoms with Crippen molar-refractivity contribution in [2.45, 2.75) is 200 Å². The predicted molar refractivity (Wildman–Crippen MR) is 194 cm³/mol. The van der Waals surface area contributed by atoms with Crippen molar-refractivity contribution in [3.05, 3.63) is 24.3 Å². The van der Waals surface area contributed by atoms with E-state index in [0.29, 0.717) is 6.61 Å². The van der Waals surface area contributed by atoms with Gasteiger partial charge in [0.15, 0.2) is 0 Å². The van der Waals surface area contributed by atoms with Gasteiger partial charge in [-0.15, -0.1) is 12.4 Å². The predicted octanol–water partition coefficient (Wildman–Crippen LogP) is 13.2. The molecule has 0 aromatic heterocycles. The van der Waals surface area contributed by atoms with E-state index in [-0.39, 0.29) is 12.4 Å². The zero-order valence-electron chi connectivity index (χ0n) is 28.9. The van der Waals surface area contributed by atoms with Crippen LogP contribution in [0, 0.1) is 0 Å². The first-order valence-corrected chi connectivity index (χ1v) is 19.0. The topological polar surface area (TPSA) is 23.5 Å². The average Bonchev–Trinajstić information content (AvgIpc) is 2.98. The van der Waals surface area contributed by atoms with E-state index in [1.807, 2.05) is 0 Å². The van der Waals surface area contributed by atoms with Gasteiger partial charge in [0.1, 0.15) is 0 Å². The first-order chi connectivity index (χ1) is 20.3. The maximum Gasteiger partial charge on any atom is 0.0443 e. The van der Waals surface area contributed by atoms with E-state index in [0.717, 1.165) is 13.0 Å². The van der Waals surface area contributed by atoms with Gasteiger partial charge in [-0.05, 0) is 83.7 Å². The second kappa shape index (κ2) is 40.7. The number of rotatable bonds is 35. The molecule has 0 aromatic carbocycles. The highest BCUT2D eigenvalue weighted by Gasteiger charge is 2.04. The normalized spacial score (nSPS) is 11.8. The van der Waals surface area contributed by atoms with Gasteiger partial charge >= 0.3 is 0 Å². The number of aliphatic hydroxyl groups is 1. The maximum absolute atomic E-state index is 9.30. The number of aliphatic hydroxyl groups excluding tert-OH is 1. The maximum atomic E-state index is 9.30. The third-order valence-corrected chi connectivity index (χ3v) is 8.60. The van der Waals surface area contributed by atoms with Crippen molar-refractivity contribution in [2.75, 3.05) is 26.2 Å². The van der Waals surface area contributed by atoms with Crippen LogP contribution >= 0.6 is 12.4 Å². The molecule has 0 amide bonds. The molecule has 0 spiro atoms. The molecule has 3 heteroatoms. The molecule has 252 valence electrons. The van der Waals surface area contributed by atoms with Crippen molar-refractivity contribution < 1.29 is 5.11 Å². The minimum Gasteiger partial charge on any atom is -0.396 e. The molecule has 0 aliphatic carbocycles. The van der Waals surface area contributed by atoms with Gasteiger partial charge in [0.05, 0.1) is 0 Å².